The second-order valence-electron chi connectivity index (χ2n) is 17.1. The lowest BCUT2D eigenvalue weighted by atomic mass is 9.32. The van der Waals surface area contributed by atoms with Crippen molar-refractivity contribution in [1.29, 1.82) is 0 Å². The third kappa shape index (κ3) is 4.90. The number of rotatable bonds is 7. The predicted octanol–water partition coefficient (Wildman–Crippen LogP) is 10.0. The number of esters is 2. The van der Waals surface area contributed by atoms with E-state index in [1.165, 1.54) is 36.8 Å². The molecule has 0 bridgehead atoms. The zero-order valence-corrected chi connectivity index (χ0v) is 29.6. The quantitative estimate of drug-likeness (QED) is 0.172. The molecular formula is C42H58O4. The molecule has 9 atom stereocenters. The lowest BCUT2D eigenvalue weighted by Gasteiger charge is -2.72. The standard InChI is InChI=1S/C42H58O4/c1-9-45-35(43)18-15-30-19-22-39(6)33(38(30,4)5)21-23-41(8)34(39)17-16-32-36-31(28(2)3)20-24-42(36,26-25-40(32,41)7)37(44)46-27-29-13-11-10-12-14-29/h10-15,18-19,31-34,36H,2,9,16-17,20-27H2,1,3-8H3/t31-,32+,33-,34?,36+,39-,40+,41+,42-/m0/s1. The molecule has 0 heterocycles. The average Bonchev–Trinajstić information content (AvgIpc) is 3.42. The molecule has 0 amide bonds. The molecule has 0 aromatic heterocycles. The molecule has 0 spiro atoms. The minimum absolute atomic E-state index is 0.0180. The van der Waals surface area contributed by atoms with Gasteiger partial charge in [0.1, 0.15) is 6.61 Å². The molecule has 4 saturated carbocycles. The van der Waals surface area contributed by atoms with Gasteiger partial charge in [-0.25, -0.2) is 4.79 Å². The molecule has 46 heavy (non-hydrogen) atoms. The van der Waals surface area contributed by atoms with E-state index >= 15 is 0 Å². The summed E-state index contributed by atoms with van der Waals surface area (Å²) in [5, 5.41) is 0. The fourth-order valence-corrected chi connectivity index (χ4v) is 12.6. The molecule has 0 aliphatic heterocycles. The first-order valence-corrected chi connectivity index (χ1v) is 18.2. The van der Waals surface area contributed by atoms with Gasteiger partial charge in [-0.15, -0.1) is 0 Å². The van der Waals surface area contributed by atoms with E-state index in [-0.39, 0.29) is 33.6 Å². The number of benzene rings is 1. The molecule has 5 aliphatic rings. The first kappa shape index (κ1) is 33.3. The number of hydrogen-bond acceptors (Lipinski definition) is 4. The van der Waals surface area contributed by atoms with Crippen molar-refractivity contribution in [3.63, 3.8) is 0 Å². The van der Waals surface area contributed by atoms with Crippen LogP contribution in [0.1, 0.15) is 112 Å². The number of carbonyl (C=O) groups excluding carboxylic acids is 2. The molecule has 1 aromatic carbocycles. The van der Waals surface area contributed by atoms with Gasteiger partial charge in [-0.2, -0.15) is 0 Å². The maximum atomic E-state index is 14.3. The van der Waals surface area contributed by atoms with Crippen molar-refractivity contribution in [2.45, 2.75) is 113 Å². The molecular weight excluding hydrogens is 568 g/mol. The molecule has 0 saturated heterocycles. The Labute approximate surface area is 278 Å². The molecule has 4 nitrogen and oxygen atoms in total. The van der Waals surface area contributed by atoms with E-state index in [0.29, 0.717) is 42.8 Å². The average molecular weight is 627 g/mol. The summed E-state index contributed by atoms with van der Waals surface area (Å²) in [5.41, 5.74) is 3.72. The van der Waals surface area contributed by atoms with Gasteiger partial charge in [-0.1, -0.05) is 89.3 Å². The SMILES string of the molecule is C=C(C)[C@@H]1CC[C@]2(C(=O)OCc3ccccc3)CC[C@]3(C)[C@H](CCC4[C@@]5(C)CC=C(C=CC(=O)OCC)C(C)(C)[C@@H]5CC[C@]43C)[C@@H]12. The number of fused-ring (bicyclic) bond motifs is 7. The highest BCUT2D eigenvalue weighted by Crippen LogP contribution is 2.77. The van der Waals surface area contributed by atoms with Crippen LogP contribution in [0.3, 0.4) is 0 Å². The van der Waals surface area contributed by atoms with Crippen LogP contribution in [0.5, 0.6) is 0 Å². The second-order valence-corrected chi connectivity index (χ2v) is 17.1. The van der Waals surface area contributed by atoms with Crippen molar-refractivity contribution in [2.24, 2.45) is 56.7 Å². The summed E-state index contributed by atoms with van der Waals surface area (Å²) in [6.45, 7) is 22.0. The van der Waals surface area contributed by atoms with Crippen molar-refractivity contribution >= 4 is 11.9 Å². The smallest absolute Gasteiger partial charge is 0.330 e. The molecule has 5 aliphatic carbocycles. The second kappa shape index (κ2) is 11.8. The largest absolute Gasteiger partial charge is 0.463 e. The third-order valence-electron chi connectivity index (χ3n) is 15.0. The van der Waals surface area contributed by atoms with E-state index < -0.39 is 5.41 Å². The van der Waals surface area contributed by atoms with Crippen LogP contribution in [0.4, 0.5) is 0 Å². The van der Waals surface area contributed by atoms with E-state index in [1.54, 1.807) is 6.08 Å². The van der Waals surface area contributed by atoms with Crippen molar-refractivity contribution in [3.05, 3.63) is 71.8 Å². The molecule has 0 radical (unpaired) electrons. The molecule has 4 heteroatoms. The minimum Gasteiger partial charge on any atom is -0.463 e. The molecule has 250 valence electrons. The summed E-state index contributed by atoms with van der Waals surface area (Å²) in [7, 11) is 0. The summed E-state index contributed by atoms with van der Waals surface area (Å²) in [4.78, 5) is 26.4. The first-order chi connectivity index (χ1) is 21.7. The van der Waals surface area contributed by atoms with Crippen LogP contribution in [-0.4, -0.2) is 18.5 Å². The minimum atomic E-state index is -0.400. The van der Waals surface area contributed by atoms with Gasteiger partial charge in [0.15, 0.2) is 0 Å². The fourth-order valence-electron chi connectivity index (χ4n) is 12.6. The summed E-state index contributed by atoms with van der Waals surface area (Å²) >= 11 is 0. The van der Waals surface area contributed by atoms with Gasteiger partial charge >= 0.3 is 11.9 Å². The Bertz CT molecular complexity index is 1420. The van der Waals surface area contributed by atoms with Crippen LogP contribution in [-0.2, 0) is 25.7 Å². The summed E-state index contributed by atoms with van der Waals surface area (Å²) in [6.07, 6.45) is 16.0. The van der Waals surface area contributed by atoms with Gasteiger partial charge < -0.3 is 9.47 Å². The van der Waals surface area contributed by atoms with Crippen molar-refractivity contribution in [3.8, 4) is 0 Å². The third-order valence-corrected chi connectivity index (χ3v) is 15.0. The molecule has 1 unspecified atom stereocenters. The summed E-state index contributed by atoms with van der Waals surface area (Å²) < 4.78 is 11.4. The van der Waals surface area contributed by atoms with Crippen LogP contribution in [0.2, 0.25) is 0 Å². The monoisotopic (exact) mass is 626 g/mol. The maximum absolute atomic E-state index is 14.3. The van der Waals surface area contributed by atoms with Crippen LogP contribution >= 0.6 is 0 Å². The fraction of sp³-hybridized carbons (Fsp3) is 0.667. The summed E-state index contributed by atoms with van der Waals surface area (Å²) in [5.74, 6) is 2.13. The number of allylic oxidation sites excluding steroid dienone is 4. The lowest BCUT2D eigenvalue weighted by Crippen LogP contribution is -2.66. The van der Waals surface area contributed by atoms with E-state index in [9.17, 15) is 9.59 Å². The predicted molar refractivity (Wildman–Crippen MR) is 184 cm³/mol. The first-order valence-electron chi connectivity index (χ1n) is 18.2. The highest BCUT2D eigenvalue weighted by molar-refractivity contribution is 5.82. The van der Waals surface area contributed by atoms with E-state index in [1.807, 2.05) is 43.3 Å². The molecule has 4 fully saturated rings. The van der Waals surface area contributed by atoms with Crippen LogP contribution < -0.4 is 0 Å². The van der Waals surface area contributed by atoms with Gasteiger partial charge in [0.25, 0.3) is 0 Å². The van der Waals surface area contributed by atoms with Crippen molar-refractivity contribution < 1.29 is 19.1 Å². The highest BCUT2D eigenvalue weighted by atomic mass is 16.5. The van der Waals surface area contributed by atoms with Crippen molar-refractivity contribution in [1.82, 2.24) is 0 Å². The number of hydrogen-bond donors (Lipinski definition) is 0. The Hall–Kier alpha value is -2.62. The zero-order chi connectivity index (χ0) is 33.1. The Kier molecular flexibility index (Phi) is 8.55. The van der Waals surface area contributed by atoms with Crippen LogP contribution in [0.25, 0.3) is 0 Å². The number of ether oxygens (including phenoxy) is 2. The highest BCUT2D eigenvalue weighted by Gasteiger charge is 2.71. The van der Waals surface area contributed by atoms with E-state index in [0.717, 1.165) is 37.7 Å². The molecule has 6 rings (SSSR count). The van der Waals surface area contributed by atoms with Crippen LogP contribution in [0.15, 0.2) is 66.3 Å². The number of carbonyl (C=O) groups is 2. The Morgan fingerprint density at radius 1 is 0.891 bits per heavy atom. The summed E-state index contributed by atoms with van der Waals surface area (Å²) in [6, 6.07) is 10.1. The Morgan fingerprint density at radius 3 is 2.33 bits per heavy atom. The Morgan fingerprint density at radius 2 is 1.63 bits per heavy atom. The van der Waals surface area contributed by atoms with Gasteiger partial charge in [0, 0.05) is 6.08 Å². The topological polar surface area (TPSA) is 52.6 Å². The van der Waals surface area contributed by atoms with E-state index in [2.05, 4.69) is 54.2 Å². The maximum Gasteiger partial charge on any atom is 0.330 e. The molecule has 1 aromatic rings. The lowest BCUT2D eigenvalue weighted by molar-refractivity contribution is -0.230. The van der Waals surface area contributed by atoms with Gasteiger partial charge in [0.05, 0.1) is 12.0 Å². The Balaban J connectivity index is 1.30. The van der Waals surface area contributed by atoms with Gasteiger partial charge in [-0.05, 0) is 134 Å². The van der Waals surface area contributed by atoms with Gasteiger partial charge in [0.2, 0.25) is 0 Å². The van der Waals surface area contributed by atoms with Gasteiger partial charge in [-0.3, -0.25) is 4.79 Å². The zero-order valence-electron chi connectivity index (χ0n) is 29.6. The van der Waals surface area contributed by atoms with E-state index in [4.69, 9.17) is 9.47 Å². The molecule has 0 N–H and O–H groups in total. The van der Waals surface area contributed by atoms with Crippen LogP contribution in [0, 0.1) is 56.7 Å². The van der Waals surface area contributed by atoms with Crippen molar-refractivity contribution in [2.75, 3.05) is 6.61 Å². The normalized spacial score (nSPS) is 40.9.